The maximum Gasteiger partial charge on any atom is 0.0904 e. The molecule has 1 aliphatic heterocycles. The Kier molecular flexibility index (Phi) is 2.13. The smallest absolute Gasteiger partial charge is 0.0904 e. The molecule has 1 rings (SSSR count). The Morgan fingerprint density at radius 2 is 2.38 bits per heavy atom. The summed E-state index contributed by atoms with van der Waals surface area (Å²) in [6.07, 6.45) is 1.98. The van der Waals surface area contributed by atoms with E-state index in [2.05, 4.69) is 6.92 Å². The summed E-state index contributed by atoms with van der Waals surface area (Å²) in [5.74, 6) is 0.425. The van der Waals surface area contributed by atoms with E-state index in [0.29, 0.717) is 5.92 Å². The molecule has 0 saturated carbocycles. The van der Waals surface area contributed by atoms with Crippen molar-refractivity contribution in [3.05, 3.63) is 10.4 Å². The molecule has 0 N–H and O–H groups in total. The van der Waals surface area contributed by atoms with Crippen LogP contribution in [0.1, 0.15) is 6.92 Å². The Morgan fingerprint density at radius 3 is 2.50 bits per heavy atom. The number of alkyl halides is 1. The highest BCUT2D eigenvalue weighted by molar-refractivity contribution is 8.06. The molecule has 1 heterocycles. The molecule has 0 bridgehead atoms. The van der Waals surface area contributed by atoms with Gasteiger partial charge in [0.05, 0.1) is 9.07 Å². The van der Waals surface area contributed by atoms with Crippen LogP contribution < -0.4 is 0 Å². The van der Waals surface area contributed by atoms with Gasteiger partial charge in [-0.3, -0.25) is 0 Å². The third kappa shape index (κ3) is 1.34. The fourth-order valence-corrected chi connectivity index (χ4v) is 2.32. The normalized spacial score (nSPS) is 37.6. The summed E-state index contributed by atoms with van der Waals surface area (Å²) in [4.78, 5) is 0. The lowest BCUT2D eigenvalue weighted by atomic mass is 10.2. The minimum atomic E-state index is 0.155. The van der Waals surface area contributed by atoms with E-state index < -0.39 is 0 Å². The van der Waals surface area contributed by atoms with Gasteiger partial charge in [-0.05, 0) is 0 Å². The first-order valence-electron chi connectivity index (χ1n) is 2.38. The fourth-order valence-electron chi connectivity index (χ4n) is 0.537. The lowest BCUT2D eigenvalue weighted by molar-refractivity contribution is 0.818. The molecule has 0 fully saturated rings. The van der Waals surface area contributed by atoms with Gasteiger partial charge in [0.15, 0.2) is 0 Å². The Hall–Kier alpha value is 0.670. The highest BCUT2D eigenvalue weighted by Crippen LogP contribution is 2.40. The van der Waals surface area contributed by atoms with Crippen molar-refractivity contribution in [1.82, 2.24) is 0 Å². The molecule has 0 saturated heterocycles. The number of halogens is 2. The molecule has 0 radical (unpaired) electrons. The zero-order valence-electron chi connectivity index (χ0n) is 4.40. The highest BCUT2D eigenvalue weighted by Gasteiger charge is 2.20. The number of allylic oxidation sites excluding steroid dienone is 1. The standard InChI is InChI=1S/C5H6Cl2S/c1-3-2-4(6)8-5(3)7/h2-3,5H,1H3. The molecule has 2 atom stereocenters. The molecule has 46 valence electrons. The van der Waals surface area contributed by atoms with Crippen LogP contribution in [0.15, 0.2) is 10.4 Å². The maximum absolute atomic E-state index is 5.78. The summed E-state index contributed by atoms with van der Waals surface area (Å²) >= 11 is 12.9. The van der Waals surface area contributed by atoms with Crippen LogP contribution in [0.3, 0.4) is 0 Å². The molecule has 0 aromatic heterocycles. The first-order chi connectivity index (χ1) is 3.70. The molecule has 2 unspecified atom stereocenters. The number of hydrogen-bond donors (Lipinski definition) is 0. The quantitative estimate of drug-likeness (QED) is 0.502. The van der Waals surface area contributed by atoms with Crippen molar-refractivity contribution < 1.29 is 0 Å². The largest absolute Gasteiger partial charge is 0.110 e. The van der Waals surface area contributed by atoms with Crippen LogP contribution in [0.25, 0.3) is 0 Å². The molecule has 8 heavy (non-hydrogen) atoms. The van der Waals surface area contributed by atoms with E-state index >= 15 is 0 Å². The van der Waals surface area contributed by atoms with Crippen molar-refractivity contribution in [3.63, 3.8) is 0 Å². The van der Waals surface area contributed by atoms with Crippen LogP contribution >= 0.6 is 35.0 Å². The van der Waals surface area contributed by atoms with E-state index in [0.717, 1.165) is 4.36 Å². The van der Waals surface area contributed by atoms with Gasteiger partial charge in [-0.2, -0.15) is 0 Å². The molecule has 0 spiro atoms. The zero-order valence-corrected chi connectivity index (χ0v) is 6.72. The van der Waals surface area contributed by atoms with Crippen LogP contribution in [-0.4, -0.2) is 4.71 Å². The second kappa shape index (κ2) is 2.51. The predicted molar refractivity (Wildman–Crippen MR) is 40.3 cm³/mol. The monoisotopic (exact) mass is 168 g/mol. The predicted octanol–water partition coefficient (Wildman–Crippen LogP) is 3.01. The second-order valence-electron chi connectivity index (χ2n) is 1.80. The van der Waals surface area contributed by atoms with Gasteiger partial charge in [-0.15, -0.1) is 11.6 Å². The topological polar surface area (TPSA) is 0 Å². The van der Waals surface area contributed by atoms with Gasteiger partial charge in [0.1, 0.15) is 0 Å². The maximum atomic E-state index is 5.78. The average Bonchev–Trinajstić information content (AvgIpc) is 1.85. The van der Waals surface area contributed by atoms with Crippen LogP contribution in [-0.2, 0) is 0 Å². The zero-order chi connectivity index (χ0) is 6.15. The van der Waals surface area contributed by atoms with Crippen LogP contribution in [0.2, 0.25) is 0 Å². The molecule has 0 aromatic rings. The van der Waals surface area contributed by atoms with Crippen molar-refractivity contribution in [3.8, 4) is 0 Å². The third-order valence-electron chi connectivity index (χ3n) is 1.03. The van der Waals surface area contributed by atoms with Gasteiger partial charge in [0, 0.05) is 5.92 Å². The second-order valence-corrected chi connectivity index (χ2v) is 4.34. The molecule has 0 aromatic carbocycles. The minimum absolute atomic E-state index is 0.155. The Labute approximate surface area is 63.2 Å². The van der Waals surface area contributed by atoms with Gasteiger partial charge < -0.3 is 0 Å². The summed E-state index contributed by atoms with van der Waals surface area (Å²) in [6, 6.07) is 0. The summed E-state index contributed by atoms with van der Waals surface area (Å²) in [7, 11) is 0. The molecule has 1 aliphatic rings. The van der Waals surface area contributed by atoms with Crippen LogP contribution in [0, 0.1) is 5.92 Å². The first kappa shape index (κ1) is 6.79. The number of thioether (sulfide) groups is 1. The Morgan fingerprint density at radius 1 is 1.75 bits per heavy atom. The van der Waals surface area contributed by atoms with Crippen LogP contribution in [0.4, 0.5) is 0 Å². The number of rotatable bonds is 0. The van der Waals surface area contributed by atoms with E-state index in [1.807, 2.05) is 6.08 Å². The van der Waals surface area contributed by atoms with E-state index in [-0.39, 0.29) is 4.71 Å². The molecular weight excluding hydrogens is 163 g/mol. The summed E-state index contributed by atoms with van der Waals surface area (Å²) in [6.45, 7) is 2.06. The van der Waals surface area contributed by atoms with Crippen molar-refractivity contribution in [2.45, 2.75) is 11.6 Å². The summed E-state index contributed by atoms with van der Waals surface area (Å²) in [5.41, 5.74) is 0. The van der Waals surface area contributed by atoms with Crippen molar-refractivity contribution >= 4 is 35.0 Å². The third-order valence-corrected chi connectivity index (χ3v) is 3.11. The SMILES string of the molecule is CC1C=C(Cl)SC1Cl. The van der Waals surface area contributed by atoms with Gasteiger partial charge >= 0.3 is 0 Å². The Balaban J connectivity index is 2.56. The van der Waals surface area contributed by atoms with Crippen molar-refractivity contribution in [1.29, 1.82) is 0 Å². The first-order valence-corrected chi connectivity index (χ1v) is 4.07. The minimum Gasteiger partial charge on any atom is -0.110 e. The highest BCUT2D eigenvalue weighted by atomic mass is 35.5. The fraction of sp³-hybridized carbons (Fsp3) is 0.600. The molecule has 0 aliphatic carbocycles. The van der Waals surface area contributed by atoms with Crippen LogP contribution in [0.5, 0.6) is 0 Å². The van der Waals surface area contributed by atoms with E-state index in [9.17, 15) is 0 Å². The molecule has 3 heteroatoms. The van der Waals surface area contributed by atoms with E-state index in [1.54, 1.807) is 0 Å². The lowest BCUT2D eigenvalue weighted by Crippen LogP contribution is -1.96. The molecule has 0 amide bonds. The van der Waals surface area contributed by atoms with Gasteiger partial charge in [0.2, 0.25) is 0 Å². The molecule has 0 nitrogen and oxygen atoms in total. The van der Waals surface area contributed by atoms with Gasteiger partial charge in [-0.25, -0.2) is 0 Å². The lowest BCUT2D eigenvalue weighted by Gasteiger charge is -2.01. The van der Waals surface area contributed by atoms with Gasteiger partial charge in [-0.1, -0.05) is 36.4 Å². The van der Waals surface area contributed by atoms with Gasteiger partial charge in [0.25, 0.3) is 0 Å². The number of hydrogen-bond acceptors (Lipinski definition) is 1. The van der Waals surface area contributed by atoms with E-state index in [4.69, 9.17) is 23.2 Å². The molecular formula is C5H6Cl2S. The summed E-state index contributed by atoms with van der Waals surface area (Å²) in [5, 5.41) is 0. The Bertz CT molecular complexity index is 122. The van der Waals surface area contributed by atoms with Crippen molar-refractivity contribution in [2.75, 3.05) is 0 Å². The average molecular weight is 169 g/mol. The summed E-state index contributed by atoms with van der Waals surface area (Å²) < 4.78 is 0.986. The van der Waals surface area contributed by atoms with E-state index in [1.165, 1.54) is 11.8 Å². The van der Waals surface area contributed by atoms with Crippen molar-refractivity contribution in [2.24, 2.45) is 5.92 Å².